The largest absolute Gasteiger partial charge is 0.494 e. The predicted molar refractivity (Wildman–Crippen MR) is 101 cm³/mol. The summed E-state index contributed by atoms with van der Waals surface area (Å²) in [5.74, 6) is 1.78. The molecule has 1 aliphatic heterocycles. The first-order chi connectivity index (χ1) is 11.3. The minimum atomic E-state index is 0. The van der Waals surface area contributed by atoms with Gasteiger partial charge < -0.3 is 15.4 Å². The Bertz CT molecular complexity index is 459. The summed E-state index contributed by atoms with van der Waals surface area (Å²) in [5.41, 5.74) is 1.18. The van der Waals surface area contributed by atoms with Gasteiger partial charge in [-0.15, -0.1) is 12.4 Å². The number of benzene rings is 1. The third-order valence-corrected chi connectivity index (χ3v) is 4.31. The maximum absolute atomic E-state index is 11.9. The summed E-state index contributed by atoms with van der Waals surface area (Å²) in [7, 11) is 0. The molecule has 1 aromatic carbocycles. The van der Waals surface area contributed by atoms with Crippen LogP contribution in [0.1, 0.15) is 44.6 Å². The number of piperidine rings is 1. The van der Waals surface area contributed by atoms with Gasteiger partial charge in [0.25, 0.3) is 0 Å². The number of carbonyl (C=O) groups is 1. The lowest BCUT2D eigenvalue weighted by atomic mass is 9.96. The van der Waals surface area contributed by atoms with Crippen molar-refractivity contribution in [1.82, 2.24) is 10.6 Å². The molecule has 4 nitrogen and oxygen atoms in total. The minimum Gasteiger partial charge on any atom is -0.494 e. The van der Waals surface area contributed by atoms with Crippen LogP contribution in [0, 0.1) is 5.92 Å². The quantitative estimate of drug-likeness (QED) is 0.715. The first-order valence-corrected chi connectivity index (χ1v) is 8.97. The molecule has 0 aromatic heterocycles. The summed E-state index contributed by atoms with van der Waals surface area (Å²) in [5, 5.41) is 6.46. The maximum Gasteiger partial charge on any atom is 0.220 e. The fourth-order valence-electron chi connectivity index (χ4n) is 2.90. The van der Waals surface area contributed by atoms with E-state index in [0.29, 0.717) is 6.42 Å². The highest BCUT2D eigenvalue weighted by molar-refractivity contribution is 5.85. The molecule has 2 rings (SSSR count). The normalized spacial score (nSPS) is 17.0. The van der Waals surface area contributed by atoms with Gasteiger partial charge in [0.2, 0.25) is 5.91 Å². The van der Waals surface area contributed by atoms with Crippen LogP contribution in [0.2, 0.25) is 0 Å². The Morgan fingerprint density at radius 1 is 1.33 bits per heavy atom. The molecule has 1 amide bonds. The van der Waals surface area contributed by atoms with E-state index in [0.717, 1.165) is 57.2 Å². The van der Waals surface area contributed by atoms with Gasteiger partial charge >= 0.3 is 0 Å². The molecular weight excluding hydrogens is 324 g/mol. The lowest BCUT2D eigenvalue weighted by Crippen LogP contribution is -2.33. The molecule has 1 heterocycles. The van der Waals surface area contributed by atoms with Crippen LogP contribution < -0.4 is 15.4 Å². The first kappa shape index (κ1) is 20.8. The lowest BCUT2D eigenvalue weighted by Gasteiger charge is -2.22. The van der Waals surface area contributed by atoms with Crippen molar-refractivity contribution in [3.63, 3.8) is 0 Å². The third kappa shape index (κ3) is 8.02. The summed E-state index contributed by atoms with van der Waals surface area (Å²) in [6.45, 7) is 5.89. The molecule has 24 heavy (non-hydrogen) atoms. The van der Waals surface area contributed by atoms with Gasteiger partial charge in [-0.25, -0.2) is 0 Å². The minimum absolute atomic E-state index is 0. The second kappa shape index (κ2) is 12.2. The summed E-state index contributed by atoms with van der Waals surface area (Å²) in [6, 6.07) is 8.07. The number of carbonyl (C=O) groups excluding carboxylic acids is 1. The molecule has 1 fully saturated rings. The van der Waals surface area contributed by atoms with E-state index in [1.165, 1.54) is 18.4 Å². The molecule has 2 N–H and O–H groups in total. The van der Waals surface area contributed by atoms with Crippen LogP contribution in [0.5, 0.6) is 5.75 Å². The van der Waals surface area contributed by atoms with Crippen molar-refractivity contribution < 1.29 is 9.53 Å². The van der Waals surface area contributed by atoms with Crippen LogP contribution in [0.25, 0.3) is 0 Å². The molecule has 1 aromatic rings. The van der Waals surface area contributed by atoms with Crippen LogP contribution in [0.4, 0.5) is 0 Å². The third-order valence-electron chi connectivity index (χ3n) is 4.31. The molecule has 1 saturated heterocycles. The van der Waals surface area contributed by atoms with E-state index in [1.807, 2.05) is 24.3 Å². The average Bonchev–Trinajstić information content (AvgIpc) is 2.60. The second-order valence-electron chi connectivity index (χ2n) is 6.34. The predicted octanol–water partition coefficient (Wildman–Crippen LogP) is 3.34. The number of aryl methyl sites for hydroxylation is 1. The van der Waals surface area contributed by atoms with Gasteiger partial charge in [0.05, 0.1) is 6.61 Å². The zero-order chi connectivity index (χ0) is 16.3. The van der Waals surface area contributed by atoms with Gasteiger partial charge in [0.15, 0.2) is 0 Å². The number of halogens is 1. The Morgan fingerprint density at radius 2 is 2.12 bits per heavy atom. The SMILES string of the molecule is CCCOc1ccc(CCC(=O)NCCC2CCCNC2)cc1.Cl. The summed E-state index contributed by atoms with van der Waals surface area (Å²) in [6.07, 6.45) is 5.98. The van der Waals surface area contributed by atoms with Crippen LogP contribution >= 0.6 is 12.4 Å². The average molecular weight is 355 g/mol. The molecule has 136 valence electrons. The van der Waals surface area contributed by atoms with Crippen molar-refractivity contribution in [2.24, 2.45) is 5.92 Å². The second-order valence-corrected chi connectivity index (χ2v) is 6.34. The fourth-order valence-corrected chi connectivity index (χ4v) is 2.90. The van der Waals surface area contributed by atoms with Crippen LogP contribution in [-0.4, -0.2) is 32.1 Å². The number of hydrogen-bond donors (Lipinski definition) is 2. The van der Waals surface area contributed by atoms with E-state index in [1.54, 1.807) is 0 Å². The van der Waals surface area contributed by atoms with Gasteiger partial charge in [0.1, 0.15) is 5.75 Å². The van der Waals surface area contributed by atoms with Crippen molar-refractivity contribution in [2.75, 3.05) is 26.2 Å². The molecule has 1 unspecified atom stereocenters. The number of ether oxygens (including phenoxy) is 1. The summed E-state index contributed by atoms with van der Waals surface area (Å²) < 4.78 is 5.56. The standard InChI is InChI=1S/C19H30N2O2.ClH/c1-2-14-23-18-8-5-16(6-9-18)7-10-19(22)21-13-11-17-4-3-12-20-15-17;/h5-6,8-9,17,20H,2-4,7,10-15H2,1H3,(H,21,22);1H. The van der Waals surface area contributed by atoms with Crippen LogP contribution in [-0.2, 0) is 11.2 Å². The highest BCUT2D eigenvalue weighted by Gasteiger charge is 2.12. The molecule has 0 radical (unpaired) electrons. The summed E-state index contributed by atoms with van der Waals surface area (Å²) >= 11 is 0. The topological polar surface area (TPSA) is 50.4 Å². The maximum atomic E-state index is 11.9. The highest BCUT2D eigenvalue weighted by atomic mass is 35.5. The van der Waals surface area contributed by atoms with Crippen molar-refractivity contribution >= 4 is 18.3 Å². The molecule has 5 heteroatoms. The van der Waals surface area contributed by atoms with Gasteiger partial charge in [-0.1, -0.05) is 19.1 Å². The van der Waals surface area contributed by atoms with Gasteiger partial charge in [-0.05, 0) is 68.8 Å². The number of amides is 1. The Morgan fingerprint density at radius 3 is 2.79 bits per heavy atom. The molecule has 0 aliphatic carbocycles. The number of hydrogen-bond acceptors (Lipinski definition) is 3. The zero-order valence-electron chi connectivity index (χ0n) is 14.7. The first-order valence-electron chi connectivity index (χ1n) is 8.97. The van der Waals surface area contributed by atoms with Crippen molar-refractivity contribution in [3.05, 3.63) is 29.8 Å². The van der Waals surface area contributed by atoms with Crippen molar-refractivity contribution in [1.29, 1.82) is 0 Å². The van der Waals surface area contributed by atoms with Gasteiger partial charge in [-0.2, -0.15) is 0 Å². The van der Waals surface area contributed by atoms with E-state index < -0.39 is 0 Å². The van der Waals surface area contributed by atoms with E-state index in [9.17, 15) is 4.79 Å². The molecule has 0 saturated carbocycles. The smallest absolute Gasteiger partial charge is 0.220 e. The molecule has 0 bridgehead atoms. The number of rotatable bonds is 9. The fraction of sp³-hybridized carbons (Fsp3) is 0.632. The zero-order valence-corrected chi connectivity index (χ0v) is 15.5. The molecule has 1 aliphatic rings. The Labute approximate surface area is 152 Å². The summed E-state index contributed by atoms with van der Waals surface area (Å²) in [4.78, 5) is 11.9. The lowest BCUT2D eigenvalue weighted by molar-refractivity contribution is -0.121. The Hall–Kier alpha value is -1.26. The Balaban J connectivity index is 0.00000288. The van der Waals surface area contributed by atoms with Crippen molar-refractivity contribution in [3.8, 4) is 5.75 Å². The van der Waals surface area contributed by atoms with Crippen LogP contribution in [0.3, 0.4) is 0 Å². The van der Waals surface area contributed by atoms with E-state index in [4.69, 9.17) is 4.74 Å². The Kier molecular flexibility index (Phi) is 10.5. The molecular formula is C19H31ClN2O2. The van der Waals surface area contributed by atoms with Gasteiger partial charge in [-0.3, -0.25) is 4.79 Å². The highest BCUT2D eigenvalue weighted by Crippen LogP contribution is 2.14. The monoisotopic (exact) mass is 354 g/mol. The van der Waals surface area contributed by atoms with Gasteiger partial charge in [0, 0.05) is 13.0 Å². The van der Waals surface area contributed by atoms with E-state index in [-0.39, 0.29) is 18.3 Å². The van der Waals surface area contributed by atoms with Crippen LogP contribution in [0.15, 0.2) is 24.3 Å². The number of nitrogens with one attached hydrogen (secondary N) is 2. The molecule has 0 spiro atoms. The van der Waals surface area contributed by atoms with E-state index in [2.05, 4.69) is 17.6 Å². The van der Waals surface area contributed by atoms with E-state index >= 15 is 0 Å². The molecule has 1 atom stereocenters. The van der Waals surface area contributed by atoms with Crippen molar-refractivity contribution in [2.45, 2.75) is 45.4 Å².